The molecule has 1 aliphatic heterocycles. The van der Waals surface area contributed by atoms with E-state index in [1.807, 2.05) is 19.1 Å². The first kappa shape index (κ1) is 22.2. The molecule has 0 radical (unpaired) electrons. The molecule has 1 N–H and O–H groups in total. The summed E-state index contributed by atoms with van der Waals surface area (Å²) in [4.78, 5) is 49.8. The number of anilines is 2. The van der Waals surface area contributed by atoms with E-state index in [-0.39, 0.29) is 29.8 Å². The summed E-state index contributed by atoms with van der Waals surface area (Å²) in [6.45, 7) is 1.92. The van der Waals surface area contributed by atoms with Crippen molar-refractivity contribution >= 4 is 46.5 Å². The van der Waals surface area contributed by atoms with Crippen LogP contribution in [0.5, 0.6) is 0 Å². The molecule has 1 atom stereocenters. The molecule has 1 aliphatic rings. The van der Waals surface area contributed by atoms with Crippen molar-refractivity contribution in [1.82, 2.24) is 0 Å². The highest BCUT2D eigenvalue weighted by atomic mass is 32.2. The molecule has 3 aromatic rings. The first-order chi connectivity index (χ1) is 15.8. The van der Waals surface area contributed by atoms with Gasteiger partial charge in [0.25, 0.3) is 11.6 Å². The minimum absolute atomic E-state index is 0.0341. The normalized spacial score (nSPS) is 15.5. The minimum atomic E-state index is -0.597. The van der Waals surface area contributed by atoms with Gasteiger partial charge in [-0.2, -0.15) is 0 Å². The second-order valence-corrected chi connectivity index (χ2v) is 8.78. The van der Waals surface area contributed by atoms with Gasteiger partial charge in [-0.15, -0.1) is 11.8 Å². The number of nitro benzene ring substituents is 1. The molecule has 166 valence electrons. The van der Waals surface area contributed by atoms with Crippen molar-refractivity contribution in [2.75, 3.05) is 10.2 Å². The number of non-ortho nitro benzene ring substituents is 1. The van der Waals surface area contributed by atoms with Crippen LogP contribution in [0, 0.1) is 17.0 Å². The van der Waals surface area contributed by atoms with Crippen LogP contribution in [-0.4, -0.2) is 27.9 Å². The van der Waals surface area contributed by atoms with Crippen molar-refractivity contribution in [3.63, 3.8) is 0 Å². The summed E-state index contributed by atoms with van der Waals surface area (Å²) in [7, 11) is 0. The maximum absolute atomic E-state index is 12.8. The van der Waals surface area contributed by atoms with E-state index >= 15 is 0 Å². The van der Waals surface area contributed by atoms with Gasteiger partial charge in [-0.05, 0) is 55.5 Å². The lowest BCUT2D eigenvalue weighted by molar-refractivity contribution is -0.384. The molecule has 1 unspecified atom stereocenters. The van der Waals surface area contributed by atoms with Crippen LogP contribution in [0.4, 0.5) is 17.1 Å². The summed E-state index contributed by atoms with van der Waals surface area (Å²) in [5.74, 6) is -0.932. The van der Waals surface area contributed by atoms with E-state index in [2.05, 4.69) is 5.32 Å². The summed E-state index contributed by atoms with van der Waals surface area (Å²) in [6.07, 6.45) is 0.0341. The number of nitrogens with zero attached hydrogens (tertiary/aromatic N) is 2. The van der Waals surface area contributed by atoms with Gasteiger partial charge in [0.2, 0.25) is 11.8 Å². The van der Waals surface area contributed by atoms with Crippen LogP contribution in [0.3, 0.4) is 0 Å². The largest absolute Gasteiger partial charge is 0.322 e. The lowest BCUT2D eigenvalue weighted by atomic mass is 10.1. The van der Waals surface area contributed by atoms with Gasteiger partial charge in [0.05, 0.1) is 15.9 Å². The number of hydrogen-bond donors (Lipinski definition) is 1. The fourth-order valence-corrected chi connectivity index (χ4v) is 4.52. The number of amides is 3. The van der Waals surface area contributed by atoms with Crippen LogP contribution in [-0.2, 0) is 9.59 Å². The molecule has 0 aromatic heterocycles. The molecule has 3 amide bonds. The number of nitro groups is 1. The number of hydrogen-bond acceptors (Lipinski definition) is 6. The summed E-state index contributed by atoms with van der Waals surface area (Å²) >= 11 is 1.26. The van der Waals surface area contributed by atoms with E-state index in [4.69, 9.17) is 0 Å². The number of carbonyl (C=O) groups is 3. The smallest absolute Gasteiger partial charge is 0.269 e. The van der Waals surface area contributed by atoms with Crippen molar-refractivity contribution in [2.45, 2.75) is 23.5 Å². The molecule has 1 saturated heterocycles. The highest BCUT2D eigenvalue weighted by molar-refractivity contribution is 8.00. The van der Waals surface area contributed by atoms with Gasteiger partial charge in [0.1, 0.15) is 0 Å². The SMILES string of the molecule is Cc1cccc(C(=O)Nc2ccc(SC3CC(=O)N(c4ccc([N+](=O)[O-])cc4)C3=O)cc2)c1. The van der Waals surface area contributed by atoms with E-state index in [1.165, 1.54) is 36.0 Å². The molecule has 0 aliphatic carbocycles. The van der Waals surface area contributed by atoms with Crippen LogP contribution >= 0.6 is 11.8 Å². The molecule has 3 aromatic carbocycles. The number of nitrogens with one attached hydrogen (secondary N) is 1. The van der Waals surface area contributed by atoms with Crippen LogP contribution in [0.15, 0.2) is 77.7 Å². The second-order valence-electron chi connectivity index (χ2n) is 7.50. The molecular weight excluding hydrogens is 442 g/mol. The Labute approximate surface area is 193 Å². The predicted octanol–water partition coefficient (Wildman–Crippen LogP) is 4.58. The molecule has 0 saturated carbocycles. The Bertz CT molecular complexity index is 1240. The number of carbonyl (C=O) groups excluding carboxylic acids is 3. The Morgan fingerprint density at radius 3 is 2.39 bits per heavy atom. The lowest BCUT2D eigenvalue weighted by Crippen LogP contribution is -2.31. The van der Waals surface area contributed by atoms with Crippen molar-refractivity contribution in [2.24, 2.45) is 0 Å². The number of rotatable bonds is 6. The average Bonchev–Trinajstić information content (AvgIpc) is 3.07. The molecule has 1 fully saturated rings. The van der Waals surface area contributed by atoms with E-state index in [0.29, 0.717) is 16.9 Å². The zero-order chi connectivity index (χ0) is 23.5. The molecule has 0 bridgehead atoms. The van der Waals surface area contributed by atoms with Crippen molar-refractivity contribution in [1.29, 1.82) is 0 Å². The Balaban J connectivity index is 1.41. The minimum Gasteiger partial charge on any atom is -0.322 e. The van der Waals surface area contributed by atoms with Crippen LogP contribution in [0.25, 0.3) is 0 Å². The van der Waals surface area contributed by atoms with Gasteiger partial charge in [0, 0.05) is 34.7 Å². The topological polar surface area (TPSA) is 110 Å². The first-order valence-corrected chi connectivity index (χ1v) is 11.0. The van der Waals surface area contributed by atoms with Crippen LogP contribution < -0.4 is 10.2 Å². The van der Waals surface area contributed by atoms with Gasteiger partial charge in [0.15, 0.2) is 0 Å². The molecule has 33 heavy (non-hydrogen) atoms. The standard InChI is InChI=1S/C24H19N3O5S/c1-15-3-2-4-16(13-15)23(29)25-17-5-11-20(12-6-17)33-21-14-22(28)26(24(21)30)18-7-9-19(10-8-18)27(31)32/h2-13,21H,14H2,1H3,(H,25,29). The predicted molar refractivity (Wildman–Crippen MR) is 125 cm³/mol. The molecule has 0 spiro atoms. The Kier molecular flexibility index (Phi) is 6.23. The van der Waals surface area contributed by atoms with Gasteiger partial charge in [-0.3, -0.25) is 24.5 Å². The van der Waals surface area contributed by atoms with Gasteiger partial charge < -0.3 is 5.32 Å². The summed E-state index contributed by atoms with van der Waals surface area (Å²) in [6, 6.07) is 19.7. The van der Waals surface area contributed by atoms with Crippen molar-refractivity contribution in [3.8, 4) is 0 Å². The third-order valence-corrected chi connectivity index (χ3v) is 6.29. The van der Waals surface area contributed by atoms with E-state index in [1.54, 1.807) is 36.4 Å². The van der Waals surface area contributed by atoms with Crippen molar-refractivity contribution < 1.29 is 19.3 Å². The lowest BCUT2D eigenvalue weighted by Gasteiger charge is -2.14. The quantitative estimate of drug-likeness (QED) is 0.327. The van der Waals surface area contributed by atoms with Gasteiger partial charge >= 0.3 is 0 Å². The molecule has 4 rings (SSSR count). The molecule has 8 nitrogen and oxygen atoms in total. The maximum Gasteiger partial charge on any atom is 0.269 e. The molecule has 1 heterocycles. The Hall–Kier alpha value is -3.98. The zero-order valence-corrected chi connectivity index (χ0v) is 18.4. The molecular formula is C24H19N3O5S. The monoisotopic (exact) mass is 461 g/mol. The Morgan fingerprint density at radius 1 is 1.06 bits per heavy atom. The number of imide groups is 1. The number of aryl methyl sites for hydroxylation is 1. The average molecular weight is 461 g/mol. The second kappa shape index (κ2) is 9.25. The van der Waals surface area contributed by atoms with E-state index in [0.717, 1.165) is 15.4 Å². The summed E-state index contributed by atoms with van der Waals surface area (Å²) < 4.78 is 0. The number of benzene rings is 3. The highest BCUT2D eigenvalue weighted by Gasteiger charge is 2.40. The number of thioether (sulfide) groups is 1. The van der Waals surface area contributed by atoms with Crippen molar-refractivity contribution in [3.05, 3.63) is 94.0 Å². The fraction of sp³-hybridized carbons (Fsp3) is 0.125. The van der Waals surface area contributed by atoms with Crippen LogP contribution in [0.2, 0.25) is 0 Å². The van der Waals surface area contributed by atoms with Gasteiger partial charge in [-0.1, -0.05) is 17.7 Å². The maximum atomic E-state index is 12.8. The van der Waals surface area contributed by atoms with E-state index in [9.17, 15) is 24.5 Å². The zero-order valence-electron chi connectivity index (χ0n) is 17.6. The third-order valence-electron chi connectivity index (χ3n) is 5.09. The third kappa shape index (κ3) is 4.93. The summed E-state index contributed by atoms with van der Waals surface area (Å²) in [5.41, 5.74) is 2.38. The van der Waals surface area contributed by atoms with E-state index < -0.39 is 10.2 Å². The van der Waals surface area contributed by atoms with Gasteiger partial charge in [-0.25, -0.2) is 4.90 Å². The molecule has 9 heteroatoms. The fourth-order valence-electron chi connectivity index (χ4n) is 3.46. The summed E-state index contributed by atoms with van der Waals surface area (Å²) in [5, 5.41) is 13.1. The highest BCUT2D eigenvalue weighted by Crippen LogP contribution is 2.34. The van der Waals surface area contributed by atoms with Crippen LogP contribution in [0.1, 0.15) is 22.3 Å². The first-order valence-electron chi connectivity index (χ1n) is 10.1. The Morgan fingerprint density at radius 2 is 1.76 bits per heavy atom.